The third-order valence-electron chi connectivity index (χ3n) is 3.15. The summed E-state index contributed by atoms with van der Waals surface area (Å²) >= 11 is 0. The molecule has 0 aromatic heterocycles. The molecule has 0 spiro atoms. The van der Waals surface area contributed by atoms with E-state index in [9.17, 15) is 19.8 Å². The minimum absolute atomic E-state index is 0.106. The summed E-state index contributed by atoms with van der Waals surface area (Å²) in [6.45, 7) is 7.52. The Morgan fingerprint density at radius 1 is 1.37 bits per heavy atom. The van der Waals surface area contributed by atoms with Crippen molar-refractivity contribution in [3.8, 4) is 0 Å². The van der Waals surface area contributed by atoms with Gasteiger partial charge in [-0.2, -0.15) is 0 Å². The number of Topliss-reactive ketones (excluding diaryl/α,β-unsaturated/α-hetero) is 2. The number of hydrogen-bond acceptors (Lipinski definition) is 4. The van der Waals surface area contributed by atoms with Crippen LogP contribution in [-0.4, -0.2) is 27.9 Å². The van der Waals surface area contributed by atoms with Crippen molar-refractivity contribution in [1.29, 1.82) is 0 Å². The molecule has 0 aromatic carbocycles. The first kappa shape index (κ1) is 15.6. The van der Waals surface area contributed by atoms with Crippen LogP contribution in [0.15, 0.2) is 23.0 Å². The molecular formula is C15H22O4. The molecular weight excluding hydrogens is 244 g/mol. The second-order valence-electron chi connectivity index (χ2n) is 5.71. The fourth-order valence-corrected chi connectivity index (χ4v) is 2.15. The molecule has 1 rings (SSSR count). The first-order chi connectivity index (χ1) is 8.75. The Balaban J connectivity index is 2.92. The van der Waals surface area contributed by atoms with Crippen molar-refractivity contribution in [2.24, 2.45) is 11.8 Å². The maximum Gasteiger partial charge on any atom is 0.176 e. The number of aliphatic hydroxyl groups excluding tert-OH is 2. The fourth-order valence-electron chi connectivity index (χ4n) is 2.15. The molecule has 0 fully saturated rings. The van der Waals surface area contributed by atoms with Gasteiger partial charge in [0.25, 0.3) is 0 Å². The van der Waals surface area contributed by atoms with Crippen molar-refractivity contribution in [2.75, 3.05) is 0 Å². The third-order valence-corrected chi connectivity index (χ3v) is 3.15. The van der Waals surface area contributed by atoms with E-state index in [1.807, 2.05) is 33.8 Å². The zero-order valence-electron chi connectivity index (χ0n) is 11.9. The summed E-state index contributed by atoms with van der Waals surface area (Å²) in [5, 5.41) is 19.7. The van der Waals surface area contributed by atoms with Gasteiger partial charge in [0.15, 0.2) is 11.6 Å². The average Bonchev–Trinajstić information content (AvgIpc) is 2.47. The molecule has 19 heavy (non-hydrogen) atoms. The number of ketones is 2. The van der Waals surface area contributed by atoms with Gasteiger partial charge in [-0.3, -0.25) is 9.59 Å². The van der Waals surface area contributed by atoms with E-state index in [4.69, 9.17) is 0 Å². The van der Waals surface area contributed by atoms with Gasteiger partial charge >= 0.3 is 0 Å². The highest BCUT2D eigenvalue weighted by Gasteiger charge is 2.43. The van der Waals surface area contributed by atoms with Gasteiger partial charge in [0, 0.05) is 6.42 Å². The van der Waals surface area contributed by atoms with Crippen LogP contribution in [0.4, 0.5) is 0 Å². The topological polar surface area (TPSA) is 74.6 Å². The highest BCUT2D eigenvalue weighted by atomic mass is 16.3. The largest absolute Gasteiger partial charge is 0.509 e. The van der Waals surface area contributed by atoms with Gasteiger partial charge in [-0.25, -0.2) is 0 Å². The quantitative estimate of drug-likeness (QED) is 0.591. The highest BCUT2D eigenvalue weighted by Crippen LogP contribution is 2.31. The first-order valence-corrected chi connectivity index (χ1v) is 6.57. The molecule has 0 bridgehead atoms. The Morgan fingerprint density at radius 2 is 1.95 bits per heavy atom. The molecule has 0 saturated carbocycles. The normalized spacial score (nSPS) is 23.2. The Kier molecular flexibility index (Phi) is 5.06. The molecule has 2 atom stereocenters. The number of hydrogen-bond donors (Lipinski definition) is 2. The Hall–Kier alpha value is -1.42. The van der Waals surface area contributed by atoms with E-state index in [0.717, 1.165) is 5.57 Å². The van der Waals surface area contributed by atoms with Crippen molar-refractivity contribution >= 4 is 11.6 Å². The van der Waals surface area contributed by atoms with Crippen LogP contribution >= 0.6 is 0 Å². The Morgan fingerprint density at radius 3 is 2.42 bits per heavy atom. The number of allylic oxidation sites excluding steroid dienone is 3. The smallest absolute Gasteiger partial charge is 0.176 e. The predicted molar refractivity (Wildman–Crippen MR) is 72.7 cm³/mol. The van der Waals surface area contributed by atoms with Crippen molar-refractivity contribution in [1.82, 2.24) is 0 Å². The second kappa shape index (κ2) is 6.15. The van der Waals surface area contributed by atoms with E-state index in [1.165, 1.54) is 0 Å². The number of carbonyl (C=O) groups excluding carboxylic acids is 2. The molecule has 0 amide bonds. The Labute approximate surface area is 113 Å². The van der Waals surface area contributed by atoms with Crippen LogP contribution in [0.2, 0.25) is 0 Å². The van der Waals surface area contributed by atoms with Gasteiger partial charge in [-0.05, 0) is 26.2 Å². The van der Waals surface area contributed by atoms with Crippen molar-refractivity contribution in [2.45, 2.75) is 46.6 Å². The number of rotatable bonds is 5. The lowest BCUT2D eigenvalue weighted by Crippen LogP contribution is -2.23. The molecule has 1 unspecified atom stereocenters. The maximum atomic E-state index is 12.1. The van der Waals surface area contributed by atoms with Crippen LogP contribution in [0.1, 0.15) is 40.5 Å². The molecule has 0 radical (unpaired) electrons. The van der Waals surface area contributed by atoms with Gasteiger partial charge in [0.05, 0.1) is 5.92 Å². The van der Waals surface area contributed by atoms with Crippen molar-refractivity contribution in [3.05, 3.63) is 23.0 Å². The molecule has 2 N–H and O–H groups in total. The van der Waals surface area contributed by atoms with E-state index in [0.29, 0.717) is 6.42 Å². The maximum absolute atomic E-state index is 12.1. The molecule has 0 aromatic rings. The van der Waals surface area contributed by atoms with Crippen LogP contribution in [-0.2, 0) is 9.59 Å². The Bertz CT molecular complexity index is 439. The molecule has 106 valence electrons. The van der Waals surface area contributed by atoms with Gasteiger partial charge in [0.2, 0.25) is 0 Å². The van der Waals surface area contributed by atoms with Crippen molar-refractivity contribution < 1.29 is 19.8 Å². The lowest BCUT2D eigenvalue weighted by molar-refractivity contribution is -0.124. The van der Waals surface area contributed by atoms with E-state index in [2.05, 4.69) is 0 Å². The van der Waals surface area contributed by atoms with E-state index in [1.54, 1.807) is 0 Å². The zero-order valence-corrected chi connectivity index (χ0v) is 11.9. The summed E-state index contributed by atoms with van der Waals surface area (Å²) in [6.07, 6.45) is 1.11. The predicted octanol–water partition coefficient (Wildman–Crippen LogP) is 2.33. The summed E-state index contributed by atoms with van der Waals surface area (Å²) in [5.74, 6) is -1.90. The van der Waals surface area contributed by atoms with Crippen LogP contribution in [0.3, 0.4) is 0 Å². The van der Waals surface area contributed by atoms with Gasteiger partial charge < -0.3 is 10.2 Å². The van der Waals surface area contributed by atoms with E-state index < -0.39 is 23.6 Å². The molecule has 4 nitrogen and oxygen atoms in total. The summed E-state index contributed by atoms with van der Waals surface area (Å²) in [5.41, 5.74) is 0.829. The van der Waals surface area contributed by atoms with Gasteiger partial charge in [-0.15, -0.1) is 0 Å². The van der Waals surface area contributed by atoms with Gasteiger partial charge in [-0.1, -0.05) is 25.5 Å². The second-order valence-corrected chi connectivity index (χ2v) is 5.71. The highest BCUT2D eigenvalue weighted by molar-refractivity contribution is 6.23. The molecule has 0 saturated heterocycles. The van der Waals surface area contributed by atoms with E-state index in [-0.39, 0.29) is 23.7 Å². The van der Waals surface area contributed by atoms with E-state index >= 15 is 0 Å². The summed E-state index contributed by atoms with van der Waals surface area (Å²) in [6, 6.07) is 0. The number of carbonyl (C=O) groups is 2. The minimum Gasteiger partial charge on any atom is -0.509 e. The lowest BCUT2D eigenvalue weighted by atomic mass is 9.94. The standard InChI is InChI=1S/C15H22O4/c1-8(2)5-6-10-13(17)12(15(19)14(10)18)11(16)7-9(3)4/h5,9-10,14,18-19H,6-7H2,1-4H3/t10?,14-/m1/s1. The average molecular weight is 266 g/mol. The monoisotopic (exact) mass is 266 g/mol. The molecule has 0 aliphatic heterocycles. The summed E-state index contributed by atoms with van der Waals surface area (Å²) in [4.78, 5) is 24.1. The van der Waals surface area contributed by atoms with Crippen LogP contribution in [0.5, 0.6) is 0 Å². The third kappa shape index (κ3) is 3.53. The zero-order chi connectivity index (χ0) is 14.7. The van der Waals surface area contributed by atoms with Crippen molar-refractivity contribution in [3.63, 3.8) is 0 Å². The van der Waals surface area contributed by atoms with Crippen LogP contribution in [0.25, 0.3) is 0 Å². The fraction of sp³-hybridized carbons (Fsp3) is 0.600. The number of aliphatic hydroxyl groups is 2. The summed E-state index contributed by atoms with van der Waals surface area (Å²) < 4.78 is 0. The molecule has 1 aliphatic carbocycles. The molecule has 4 heteroatoms. The molecule has 1 aliphatic rings. The first-order valence-electron chi connectivity index (χ1n) is 6.57. The summed E-state index contributed by atoms with van der Waals surface area (Å²) in [7, 11) is 0. The molecule has 0 heterocycles. The SMILES string of the molecule is CC(C)=CCC1C(=O)C(C(=O)CC(C)C)=C(O)[C@@H]1O. The van der Waals surface area contributed by atoms with Gasteiger partial charge in [0.1, 0.15) is 17.4 Å². The minimum atomic E-state index is -1.26. The lowest BCUT2D eigenvalue weighted by Gasteiger charge is -2.11. The van der Waals surface area contributed by atoms with Crippen LogP contribution in [0, 0.1) is 11.8 Å². The van der Waals surface area contributed by atoms with Crippen LogP contribution < -0.4 is 0 Å².